The number of halogens is 1. The molecule has 0 aromatic heterocycles. The van der Waals surface area contributed by atoms with Crippen LogP contribution in [0.3, 0.4) is 0 Å². The molecule has 1 aromatic carbocycles. The van der Waals surface area contributed by atoms with Gasteiger partial charge in [0, 0.05) is 12.1 Å². The van der Waals surface area contributed by atoms with Crippen molar-refractivity contribution < 1.29 is 4.79 Å². The van der Waals surface area contributed by atoms with E-state index in [0.29, 0.717) is 12.3 Å². The quantitative estimate of drug-likeness (QED) is 0.891. The van der Waals surface area contributed by atoms with E-state index in [-0.39, 0.29) is 18.3 Å². The first-order valence-electron chi connectivity index (χ1n) is 6.79. The molecule has 0 saturated carbocycles. The van der Waals surface area contributed by atoms with Gasteiger partial charge >= 0.3 is 0 Å². The number of rotatable bonds is 4. The molecule has 1 unspecified atom stereocenters. The van der Waals surface area contributed by atoms with E-state index >= 15 is 0 Å². The molecule has 106 valence electrons. The van der Waals surface area contributed by atoms with E-state index in [9.17, 15) is 4.79 Å². The fraction of sp³-hybridized carbons (Fsp3) is 0.533. The zero-order valence-electron chi connectivity index (χ0n) is 11.7. The molecule has 19 heavy (non-hydrogen) atoms. The van der Waals surface area contributed by atoms with Gasteiger partial charge in [0.25, 0.3) is 0 Å². The summed E-state index contributed by atoms with van der Waals surface area (Å²) in [6.07, 6.45) is 2.69. The first-order valence-corrected chi connectivity index (χ1v) is 6.79. The minimum Gasteiger partial charge on any atom is -0.326 e. The van der Waals surface area contributed by atoms with Crippen LogP contribution in [0.4, 0.5) is 5.69 Å². The molecule has 1 saturated heterocycles. The molecule has 0 aliphatic carbocycles. The molecular formula is C15H23ClN2O. The first-order chi connectivity index (χ1) is 8.70. The number of amides is 1. The van der Waals surface area contributed by atoms with E-state index in [0.717, 1.165) is 37.2 Å². The fourth-order valence-electron chi connectivity index (χ4n) is 2.54. The van der Waals surface area contributed by atoms with E-state index in [1.807, 2.05) is 19.1 Å². The number of carbonyl (C=O) groups excluding carboxylic acids is 1. The van der Waals surface area contributed by atoms with Gasteiger partial charge in [-0.05, 0) is 49.9 Å². The number of hydrogen-bond donors (Lipinski definition) is 2. The lowest BCUT2D eigenvalue weighted by Crippen LogP contribution is -2.19. The van der Waals surface area contributed by atoms with E-state index < -0.39 is 0 Å². The summed E-state index contributed by atoms with van der Waals surface area (Å²) >= 11 is 0. The van der Waals surface area contributed by atoms with Crippen molar-refractivity contribution in [2.45, 2.75) is 33.1 Å². The van der Waals surface area contributed by atoms with Gasteiger partial charge in [-0.25, -0.2) is 0 Å². The zero-order chi connectivity index (χ0) is 13.0. The van der Waals surface area contributed by atoms with Gasteiger partial charge in [-0.2, -0.15) is 0 Å². The SMILES string of the molecule is CCc1cccc(C)c1NC(=O)CC1CCNC1.Cl. The molecule has 1 aromatic rings. The van der Waals surface area contributed by atoms with Gasteiger partial charge in [0.05, 0.1) is 0 Å². The van der Waals surface area contributed by atoms with Crippen LogP contribution < -0.4 is 10.6 Å². The third-order valence-corrected chi connectivity index (χ3v) is 3.64. The van der Waals surface area contributed by atoms with Crippen LogP contribution in [0.15, 0.2) is 18.2 Å². The number of hydrogen-bond acceptors (Lipinski definition) is 2. The highest BCUT2D eigenvalue weighted by atomic mass is 35.5. The molecule has 1 amide bonds. The molecule has 3 nitrogen and oxygen atoms in total. The van der Waals surface area contributed by atoms with Crippen molar-refractivity contribution in [1.29, 1.82) is 0 Å². The summed E-state index contributed by atoms with van der Waals surface area (Å²) in [5.41, 5.74) is 3.37. The highest BCUT2D eigenvalue weighted by Crippen LogP contribution is 2.22. The number of anilines is 1. The molecule has 2 N–H and O–H groups in total. The van der Waals surface area contributed by atoms with Crippen molar-refractivity contribution >= 4 is 24.0 Å². The van der Waals surface area contributed by atoms with Crippen LogP contribution >= 0.6 is 12.4 Å². The maximum atomic E-state index is 12.0. The van der Waals surface area contributed by atoms with E-state index in [4.69, 9.17) is 0 Å². The normalized spacial score (nSPS) is 17.9. The summed E-state index contributed by atoms with van der Waals surface area (Å²) in [6.45, 7) is 6.18. The minimum atomic E-state index is 0. The molecule has 4 heteroatoms. The number of para-hydroxylation sites is 1. The van der Waals surface area contributed by atoms with Crippen LogP contribution in [0.5, 0.6) is 0 Å². The predicted octanol–water partition coefficient (Wildman–Crippen LogP) is 2.92. The molecular weight excluding hydrogens is 260 g/mol. The van der Waals surface area contributed by atoms with Crippen LogP contribution in [0.2, 0.25) is 0 Å². The number of nitrogens with one attached hydrogen (secondary N) is 2. The molecule has 1 atom stereocenters. The van der Waals surface area contributed by atoms with Crippen LogP contribution in [-0.4, -0.2) is 19.0 Å². The van der Waals surface area contributed by atoms with Gasteiger partial charge in [-0.1, -0.05) is 25.1 Å². The molecule has 1 aliphatic rings. The number of carbonyl (C=O) groups is 1. The lowest BCUT2D eigenvalue weighted by molar-refractivity contribution is -0.117. The summed E-state index contributed by atoms with van der Waals surface area (Å²) < 4.78 is 0. The summed E-state index contributed by atoms with van der Waals surface area (Å²) in [5, 5.41) is 6.39. The highest BCUT2D eigenvalue weighted by molar-refractivity contribution is 5.92. The Hall–Kier alpha value is -1.06. The Labute approximate surface area is 121 Å². The topological polar surface area (TPSA) is 41.1 Å². The smallest absolute Gasteiger partial charge is 0.224 e. The average Bonchev–Trinajstić information content (AvgIpc) is 2.84. The van der Waals surface area contributed by atoms with Crippen LogP contribution in [0.25, 0.3) is 0 Å². The second-order valence-electron chi connectivity index (χ2n) is 5.07. The zero-order valence-corrected chi connectivity index (χ0v) is 12.5. The third kappa shape index (κ3) is 4.22. The number of benzene rings is 1. The molecule has 2 rings (SSSR count). The summed E-state index contributed by atoms with van der Waals surface area (Å²) in [4.78, 5) is 12.0. The summed E-state index contributed by atoms with van der Waals surface area (Å²) in [6, 6.07) is 6.18. The van der Waals surface area contributed by atoms with E-state index in [2.05, 4.69) is 23.6 Å². The van der Waals surface area contributed by atoms with Gasteiger partial charge in [-0.3, -0.25) is 4.79 Å². The van der Waals surface area contributed by atoms with Crippen molar-refractivity contribution in [2.75, 3.05) is 18.4 Å². The van der Waals surface area contributed by atoms with Crippen LogP contribution in [0.1, 0.15) is 30.9 Å². The van der Waals surface area contributed by atoms with Gasteiger partial charge in [-0.15, -0.1) is 12.4 Å². The Morgan fingerprint density at radius 2 is 2.26 bits per heavy atom. The second-order valence-corrected chi connectivity index (χ2v) is 5.07. The molecule has 0 spiro atoms. The standard InChI is InChI=1S/C15H22N2O.ClH/c1-3-13-6-4-5-11(2)15(13)17-14(18)9-12-7-8-16-10-12;/h4-6,12,16H,3,7-10H2,1-2H3,(H,17,18);1H. The summed E-state index contributed by atoms with van der Waals surface area (Å²) in [5.74, 6) is 0.645. The van der Waals surface area contributed by atoms with E-state index in [1.165, 1.54) is 5.56 Å². The molecule has 1 heterocycles. The van der Waals surface area contributed by atoms with Crippen molar-refractivity contribution in [3.05, 3.63) is 29.3 Å². The molecule has 1 aliphatic heterocycles. The van der Waals surface area contributed by atoms with Crippen molar-refractivity contribution in [3.8, 4) is 0 Å². The monoisotopic (exact) mass is 282 g/mol. The fourth-order valence-corrected chi connectivity index (χ4v) is 2.54. The largest absolute Gasteiger partial charge is 0.326 e. The Kier molecular flexibility index (Phi) is 6.32. The van der Waals surface area contributed by atoms with Gasteiger partial charge < -0.3 is 10.6 Å². The summed E-state index contributed by atoms with van der Waals surface area (Å²) in [7, 11) is 0. The van der Waals surface area contributed by atoms with Gasteiger partial charge in [0.2, 0.25) is 5.91 Å². The molecule has 0 bridgehead atoms. The maximum Gasteiger partial charge on any atom is 0.224 e. The van der Waals surface area contributed by atoms with Crippen molar-refractivity contribution in [3.63, 3.8) is 0 Å². The second kappa shape index (κ2) is 7.51. The lowest BCUT2D eigenvalue weighted by atomic mass is 10.0. The van der Waals surface area contributed by atoms with Crippen molar-refractivity contribution in [2.24, 2.45) is 5.92 Å². The molecule has 0 radical (unpaired) electrons. The Balaban J connectivity index is 0.00000180. The van der Waals surface area contributed by atoms with Gasteiger partial charge in [0.15, 0.2) is 0 Å². The third-order valence-electron chi connectivity index (χ3n) is 3.64. The minimum absolute atomic E-state index is 0. The molecule has 1 fully saturated rings. The predicted molar refractivity (Wildman–Crippen MR) is 82.0 cm³/mol. The first kappa shape index (κ1) is 16.0. The number of aryl methyl sites for hydroxylation is 2. The lowest BCUT2D eigenvalue weighted by Gasteiger charge is -2.14. The van der Waals surface area contributed by atoms with E-state index in [1.54, 1.807) is 0 Å². The van der Waals surface area contributed by atoms with Crippen LogP contribution in [0, 0.1) is 12.8 Å². The van der Waals surface area contributed by atoms with Crippen molar-refractivity contribution in [1.82, 2.24) is 5.32 Å². The average molecular weight is 283 g/mol. The Morgan fingerprint density at radius 3 is 2.89 bits per heavy atom. The Bertz CT molecular complexity index is 428. The van der Waals surface area contributed by atoms with Gasteiger partial charge in [0.1, 0.15) is 0 Å². The highest BCUT2D eigenvalue weighted by Gasteiger charge is 2.18. The van der Waals surface area contributed by atoms with Crippen LogP contribution in [-0.2, 0) is 11.2 Å². The Morgan fingerprint density at radius 1 is 1.47 bits per heavy atom. The maximum absolute atomic E-state index is 12.0.